The molecule has 34 heavy (non-hydrogen) atoms. The summed E-state index contributed by atoms with van der Waals surface area (Å²) in [5.41, 5.74) is 8.46. The first-order valence-corrected chi connectivity index (χ1v) is 11.1. The van der Waals surface area contributed by atoms with Crippen molar-refractivity contribution in [3.63, 3.8) is 0 Å². The lowest BCUT2D eigenvalue weighted by molar-refractivity contribution is 0.0999. The fraction of sp³-hybridized carbons (Fsp3) is 0.333. The van der Waals surface area contributed by atoms with Crippen molar-refractivity contribution >= 4 is 34.1 Å². The van der Waals surface area contributed by atoms with E-state index < -0.39 is 18.0 Å². The van der Waals surface area contributed by atoms with Crippen LogP contribution in [-0.4, -0.2) is 35.3 Å². The summed E-state index contributed by atoms with van der Waals surface area (Å²) >= 11 is 0. The van der Waals surface area contributed by atoms with Crippen LogP contribution in [0.25, 0.3) is 21.9 Å². The van der Waals surface area contributed by atoms with E-state index >= 15 is 4.39 Å². The molecule has 0 bridgehead atoms. The van der Waals surface area contributed by atoms with Gasteiger partial charge < -0.3 is 20.5 Å². The third kappa shape index (κ3) is 3.79. The van der Waals surface area contributed by atoms with Crippen LogP contribution in [0.2, 0.25) is 0 Å². The molecule has 0 radical (unpaired) electrons. The summed E-state index contributed by atoms with van der Waals surface area (Å²) in [5, 5.41) is 16.0. The van der Waals surface area contributed by atoms with E-state index in [0.29, 0.717) is 41.8 Å². The first-order valence-electron chi connectivity index (χ1n) is 11.1. The number of aromatic nitrogens is 2. The van der Waals surface area contributed by atoms with Crippen LogP contribution < -0.4 is 21.1 Å². The normalized spacial score (nSPS) is 19.0. The molecule has 3 aromatic rings. The number of carbonyl (C=O) groups excluding carboxylic acids is 1. The number of nitrogens with one attached hydrogen (secondary N) is 2. The maximum Gasteiger partial charge on any atom is 0.413 e. The van der Waals surface area contributed by atoms with Crippen LogP contribution >= 0.6 is 0 Å². The lowest BCUT2D eigenvalue weighted by atomic mass is 9.97. The minimum Gasteiger partial charge on any atom is -0.474 e. The quantitative estimate of drug-likeness (QED) is 0.488. The van der Waals surface area contributed by atoms with Crippen LogP contribution in [0, 0.1) is 30.0 Å². The largest absolute Gasteiger partial charge is 0.474 e. The highest BCUT2D eigenvalue weighted by molar-refractivity contribution is 5.99. The molecule has 1 fully saturated rings. The number of halogens is 1. The first kappa shape index (κ1) is 21.7. The van der Waals surface area contributed by atoms with Gasteiger partial charge in [0, 0.05) is 35.5 Å². The molecule has 2 aliphatic rings. The number of pyridine rings is 2. The second-order valence-corrected chi connectivity index (χ2v) is 8.43. The Hall–Kier alpha value is -4.13. The van der Waals surface area contributed by atoms with Gasteiger partial charge in [-0.3, -0.25) is 5.32 Å². The molecule has 2 aromatic heterocycles. The fourth-order valence-corrected chi connectivity index (χ4v) is 4.54. The number of nitrogens with zero attached hydrogens (tertiary/aromatic N) is 3. The van der Waals surface area contributed by atoms with Gasteiger partial charge >= 0.3 is 6.09 Å². The number of ether oxygens (including phenoxy) is 2. The molecule has 1 aliphatic carbocycles. The Labute approximate surface area is 195 Å². The van der Waals surface area contributed by atoms with Gasteiger partial charge in [-0.05, 0) is 49.3 Å². The molecule has 0 spiro atoms. The summed E-state index contributed by atoms with van der Waals surface area (Å²) in [5.74, 6) is -0.151. The number of anilines is 3. The Balaban J connectivity index is 1.47. The second kappa shape index (κ2) is 8.67. The smallest absolute Gasteiger partial charge is 0.413 e. The zero-order valence-electron chi connectivity index (χ0n) is 18.5. The maximum absolute atomic E-state index is 15.3. The SMILES string of the molecule is Cc1c(-c2cc3cc(NC(=O)O[C@@H]4CCC[C@@H]4C#N)ncc3c(N)c2F)cnc2c1NCCO2. The highest BCUT2D eigenvalue weighted by Crippen LogP contribution is 2.39. The molecule has 1 aliphatic heterocycles. The molecule has 1 amide bonds. The molecular weight excluding hydrogens is 439 g/mol. The molecule has 0 saturated heterocycles. The summed E-state index contributed by atoms with van der Waals surface area (Å²) in [4.78, 5) is 20.9. The number of benzene rings is 1. The van der Waals surface area contributed by atoms with Crippen molar-refractivity contribution in [1.29, 1.82) is 5.26 Å². The van der Waals surface area contributed by atoms with Gasteiger partial charge in [0.25, 0.3) is 0 Å². The molecule has 0 unspecified atom stereocenters. The van der Waals surface area contributed by atoms with Gasteiger partial charge in [0.15, 0.2) is 5.82 Å². The number of nitrogens with two attached hydrogens (primary N) is 1. The number of hydrogen-bond donors (Lipinski definition) is 3. The Morgan fingerprint density at radius 1 is 1.32 bits per heavy atom. The summed E-state index contributed by atoms with van der Waals surface area (Å²) in [6.07, 6.45) is 4.08. The number of carbonyl (C=O) groups is 1. The average molecular weight is 462 g/mol. The molecule has 9 nitrogen and oxygen atoms in total. The highest BCUT2D eigenvalue weighted by Gasteiger charge is 2.30. The van der Waals surface area contributed by atoms with Crippen molar-refractivity contribution in [1.82, 2.24) is 9.97 Å². The lowest BCUT2D eigenvalue weighted by Crippen LogP contribution is -2.25. The van der Waals surface area contributed by atoms with Crippen molar-refractivity contribution in [2.45, 2.75) is 32.3 Å². The average Bonchev–Trinajstić information content (AvgIpc) is 3.29. The number of rotatable bonds is 3. The molecule has 4 N–H and O–H groups in total. The summed E-state index contributed by atoms with van der Waals surface area (Å²) in [6, 6.07) is 5.44. The van der Waals surface area contributed by atoms with E-state index in [2.05, 4.69) is 26.7 Å². The predicted molar refractivity (Wildman–Crippen MR) is 125 cm³/mol. The van der Waals surface area contributed by atoms with Crippen LogP contribution in [-0.2, 0) is 4.74 Å². The van der Waals surface area contributed by atoms with Crippen LogP contribution in [0.4, 0.5) is 26.4 Å². The van der Waals surface area contributed by atoms with Gasteiger partial charge in [-0.1, -0.05) is 0 Å². The van der Waals surface area contributed by atoms with Gasteiger partial charge in [-0.25, -0.2) is 19.2 Å². The Morgan fingerprint density at radius 2 is 2.18 bits per heavy atom. The van der Waals surface area contributed by atoms with E-state index in [9.17, 15) is 10.1 Å². The third-order valence-corrected chi connectivity index (χ3v) is 6.34. The topological polar surface area (TPSA) is 135 Å². The highest BCUT2D eigenvalue weighted by atomic mass is 19.1. The van der Waals surface area contributed by atoms with E-state index in [1.165, 1.54) is 6.20 Å². The number of nitrogen functional groups attached to an aromatic ring is 1. The molecule has 3 heterocycles. The molecular formula is C24H23FN6O3. The summed E-state index contributed by atoms with van der Waals surface area (Å²) in [7, 11) is 0. The van der Waals surface area contributed by atoms with Crippen molar-refractivity contribution in [3.8, 4) is 23.1 Å². The molecule has 5 rings (SSSR count). The fourth-order valence-electron chi connectivity index (χ4n) is 4.54. The van der Waals surface area contributed by atoms with E-state index in [0.717, 1.165) is 24.1 Å². The monoisotopic (exact) mass is 462 g/mol. The minimum absolute atomic E-state index is 0.0433. The molecule has 1 aromatic carbocycles. The van der Waals surface area contributed by atoms with Crippen molar-refractivity contribution < 1.29 is 18.7 Å². The van der Waals surface area contributed by atoms with E-state index in [1.807, 2.05) is 6.92 Å². The Kier molecular flexibility index (Phi) is 5.53. The van der Waals surface area contributed by atoms with E-state index in [4.69, 9.17) is 15.2 Å². The van der Waals surface area contributed by atoms with Gasteiger partial charge in [-0.2, -0.15) is 5.26 Å². The van der Waals surface area contributed by atoms with Crippen LogP contribution in [0.5, 0.6) is 5.88 Å². The van der Waals surface area contributed by atoms with Gasteiger partial charge in [0.1, 0.15) is 24.2 Å². The molecule has 1 saturated carbocycles. The summed E-state index contributed by atoms with van der Waals surface area (Å²) in [6.45, 7) is 3.01. The molecule has 2 atom stereocenters. The lowest BCUT2D eigenvalue weighted by Gasteiger charge is -2.22. The zero-order chi connectivity index (χ0) is 23.8. The third-order valence-electron chi connectivity index (χ3n) is 6.34. The van der Waals surface area contributed by atoms with E-state index in [1.54, 1.807) is 18.3 Å². The van der Waals surface area contributed by atoms with Gasteiger partial charge in [0.05, 0.1) is 17.7 Å². The zero-order valence-corrected chi connectivity index (χ0v) is 18.5. The van der Waals surface area contributed by atoms with Crippen molar-refractivity contribution in [2.75, 3.05) is 29.5 Å². The number of hydrogen-bond acceptors (Lipinski definition) is 8. The Morgan fingerprint density at radius 3 is 3.00 bits per heavy atom. The Bertz CT molecular complexity index is 1340. The van der Waals surface area contributed by atoms with Crippen LogP contribution in [0.3, 0.4) is 0 Å². The van der Waals surface area contributed by atoms with Crippen molar-refractivity contribution in [3.05, 3.63) is 35.9 Å². The summed E-state index contributed by atoms with van der Waals surface area (Å²) < 4.78 is 26.3. The number of nitriles is 1. The van der Waals surface area contributed by atoms with Gasteiger partial charge in [-0.15, -0.1) is 0 Å². The minimum atomic E-state index is -0.685. The standard InChI is InChI=1S/C24H23FN6O3/c1-12-16(10-30-23-22(12)28-5-6-33-23)15-7-14-8-19(29-11-17(14)21(27)20(15)25)31-24(32)34-18-4-2-3-13(18)9-26/h7-8,10-11,13,18,28H,2-6,27H2,1H3,(H,29,31,32)/t13-,18-/m1/s1. The van der Waals surface area contributed by atoms with Gasteiger partial charge in [0.2, 0.25) is 5.88 Å². The second-order valence-electron chi connectivity index (χ2n) is 8.43. The number of amides is 1. The number of fused-ring (bicyclic) bond motifs is 2. The van der Waals surface area contributed by atoms with Crippen LogP contribution in [0.15, 0.2) is 24.5 Å². The predicted octanol–water partition coefficient (Wildman–Crippen LogP) is 4.37. The van der Waals surface area contributed by atoms with E-state index in [-0.39, 0.29) is 23.0 Å². The molecule has 10 heteroatoms. The maximum atomic E-state index is 15.3. The molecule has 174 valence electrons. The first-order chi connectivity index (χ1) is 16.5. The van der Waals surface area contributed by atoms with Crippen molar-refractivity contribution in [2.24, 2.45) is 5.92 Å². The van der Waals surface area contributed by atoms with Crippen LogP contribution in [0.1, 0.15) is 24.8 Å².